The van der Waals surface area contributed by atoms with E-state index in [0.29, 0.717) is 11.4 Å². The summed E-state index contributed by atoms with van der Waals surface area (Å²) in [6, 6.07) is 6.45. The van der Waals surface area contributed by atoms with Gasteiger partial charge in [0.15, 0.2) is 6.61 Å². The molecule has 1 aromatic rings. The van der Waals surface area contributed by atoms with E-state index >= 15 is 0 Å². The Bertz CT molecular complexity index is 417. The number of carboxylic acid groups (broad SMARTS) is 1. The molecule has 6 heteroatoms. The van der Waals surface area contributed by atoms with Gasteiger partial charge in [-0.2, -0.15) is 0 Å². The Morgan fingerprint density at radius 1 is 1.39 bits per heavy atom. The molecule has 6 nitrogen and oxygen atoms in total. The molecule has 0 heterocycles. The van der Waals surface area contributed by atoms with Gasteiger partial charge in [-0.3, -0.25) is 4.79 Å². The summed E-state index contributed by atoms with van der Waals surface area (Å²) in [7, 11) is 0. The van der Waals surface area contributed by atoms with Crippen molar-refractivity contribution in [3.8, 4) is 5.75 Å². The van der Waals surface area contributed by atoms with Gasteiger partial charge >= 0.3 is 5.97 Å². The van der Waals surface area contributed by atoms with Gasteiger partial charge in [-0.05, 0) is 24.3 Å². The average Bonchev–Trinajstić information content (AvgIpc) is 2.36. The van der Waals surface area contributed by atoms with E-state index < -0.39 is 12.6 Å². The standard InChI is InChI=1S/C12H16N2O4/c1-8(6-13)12(17)14-9-2-4-10(5-3-9)18-7-11(15)16/h2-5,8H,6-7,13H2,1H3,(H,14,17)(H,15,16). The fourth-order valence-corrected chi connectivity index (χ4v) is 1.15. The molecule has 1 unspecified atom stereocenters. The van der Waals surface area contributed by atoms with Crippen molar-refractivity contribution in [2.75, 3.05) is 18.5 Å². The van der Waals surface area contributed by atoms with Crippen LogP contribution in [-0.2, 0) is 9.59 Å². The van der Waals surface area contributed by atoms with Crippen LogP contribution in [0.5, 0.6) is 5.75 Å². The van der Waals surface area contributed by atoms with Gasteiger partial charge in [0, 0.05) is 18.2 Å². The van der Waals surface area contributed by atoms with Crippen LogP contribution in [0.15, 0.2) is 24.3 Å². The van der Waals surface area contributed by atoms with Crippen molar-refractivity contribution < 1.29 is 19.4 Å². The highest BCUT2D eigenvalue weighted by molar-refractivity contribution is 5.92. The molecule has 0 aliphatic rings. The monoisotopic (exact) mass is 252 g/mol. The number of anilines is 1. The highest BCUT2D eigenvalue weighted by Gasteiger charge is 2.10. The number of hydrogen-bond acceptors (Lipinski definition) is 4. The Balaban J connectivity index is 2.55. The van der Waals surface area contributed by atoms with Crippen LogP contribution in [-0.4, -0.2) is 30.1 Å². The number of carbonyl (C=O) groups is 2. The molecule has 0 aliphatic carbocycles. The molecule has 0 fully saturated rings. The van der Waals surface area contributed by atoms with Crippen molar-refractivity contribution in [1.29, 1.82) is 0 Å². The number of ether oxygens (including phenoxy) is 1. The third kappa shape index (κ3) is 4.42. The number of carbonyl (C=O) groups excluding carboxylic acids is 1. The Hall–Kier alpha value is -2.08. The van der Waals surface area contributed by atoms with Gasteiger partial charge in [-0.15, -0.1) is 0 Å². The van der Waals surface area contributed by atoms with Gasteiger partial charge in [-0.25, -0.2) is 4.79 Å². The zero-order chi connectivity index (χ0) is 13.5. The molecule has 1 atom stereocenters. The van der Waals surface area contributed by atoms with E-state index in [1.54, 1.807) is 31.2 Å². The molecule has 98 valence electrons. The third-order valence-electron chi connectivity index (χ3n) is 2.29. The molecule has 1 aromatic carbocycles. The smallest absolute Gasteiger partial charge is 0.341 e. The number of amides is 1. The van der Waals surface area contributed by atoms with Crippen LogP contribution in [0.25, 0.3) is 0 Å². The van der Waals surface area contributed by atoms with Crippen molar-refractivity contribution in [1.82, 2.24) is 0 Å². The van der Waals surface area contributed by atoms with Crippen molar-refractivity contribution >= 4 is 17.6 Å². The molecular weight excluding hydrogens is 236 g/mol. The number of benzene rings is 1. The molecule has 1 amide bonds. The first kappa shape index (κ1) is 14.0. The first-order valence-electron chi connectivity index (χ1n) is 5.48. The fraction of sp³-hybridized carbons (Fsp3) is 0.333. The van der Waals surface area contributed by atoms with E-state index in [0.717, 1.165) is 0 Å². The molecule has 18 heavy (non-hydrogen) atoms. The molecule has 0 bridgehead atoms. The van der Waals surface area contributed by atoms with Crippen LogP contribution in [0, 0.1) is 5.92 Å². The molecule has 0 spiro atoms. The fourth-order valence-electron chi connectivity index (χ4n) is 1.15. The number of carboxylic acids is 1. The zero-order valence-corrected chi connectivity index (χ0v) is 10.1. The number of hydrogen-bond donors (Lipinski definition) is 3. The minimum atomic E-state index is -1.04. The minimum absolute atomic E-state index is 0.156. The first-order valence-corrected chi connectivity index (χ1v) is 5.48. The normalized spacial score (nSPS) is 11.7. The van der Waals surface area contributed by atoms with E-state index in [4.69, 9.17) is 15.6 Å². The van der Waals surface area contributed by atoms with Gasteiger partial charge < -0.3 is 20.9 Å². The van der Waals surface area contributed by atoms with Crippen LogP contribution >= 0.6 is 0 Å². The quantitative estimate of drug-likeness (QED) is 0.691. The molecule has 0 saturated heterocycles. The maximum absolute atomic E-state index is 11.5. The van der Waals surface area contributed by atoms with Crippen LogP contribution in [0.4, 0.5) is 5.69 Å². The van der Waals surface area contributed by atoms with Gasteiger partial charge in [0.1, 0.15) is 5.75 Å². The number of nitrogens with one attached hydrogen (secondary N) is 1. The SMILES string of the molecule is CC(CN)C(=O)Nc1ccc(OCC(=O)O)cc1. The molecule has 0 aliphatic heterocycles. The van der Waals surface area contributed by atoms with Crippen molar-refractivity contribution in [3.05, 3.63) is 24.3 Å². The predicted molar refractivity (Wildman–Crippen MR) is 66.4 cm³/mol. The molecule has 0 aromatic heterocycles. The van der Waals surface area contributed by atoms with E-state index in [1.165, 1.54) is 0 Å². The summed E-state index contributed by atoms with van der Waals surface area (Å²) in [5, 5.41) is 11.1. The Morgan fingerprint density at radius 2 is 2.00 bits per heavy atom. The lowest BCUT2D eigenvalue weighted by molar-refractivity contribution is -0.139. The zero-order valence-electron chi connectivity index (χ0n) is 10.1. The first-order chi connectivity index (χ1) is 8.52. The molecular formula is C12H16N2O4. The Morgan fingerprint density at radius 3 is 2.50 bits per heavy atom. The van der Waals surface area contributed by atoms with Crippen molar-refractivity contribution in [2.45, 2.75) is 6.92 Å². The second kappa shape index (κ2) is 6.61. The van der Waals surface area contributed by atoms with Crippen molar-refractivity contribution in [2.24, 2.45) is 11.7 Å². The van der Waals surface area contributed by atoms with E-state index in [1.807, 2.05) is 0 Å². The van der Waals surface area contributed by atoms with Crippen LogP contribution < -0.4 is 15.8 Å². The summed E-state index contributed by atoms with van der Waals surface area (Å²) in [6.07, 6.45) is 0. The minimum Gasteiger partial charge on any atom is -0.482 e. The van der Waals surface area contributed by atoms with Gasteiger partial charge in [0.2, 0.25) is 5.91 Å². The lowest BCUT2D eigenvalue weighted by Gasteiger charge is -2.10. The number of nitrogens with two attached hydrogens (primary N) is 1. The summed E-state index contributed by atoms with van der Waals surface area (Å²) in [6.45, 7) is 1.63. The van der Waals surface area contributed by atoms with E-state index in [9.17, 15) is 9.59 Å². The van der Waals surface area contributed by atoms with Crippen LogP contribution in [0.1, 0.15) is 6.92 Å². The highest BCUT2D eigenvalue weighted by Crippen LogP contribution is 2.16. The van der Waals surface area contributed by atoms with E-state index in [-0.39, 0.29) is 18.4 Å². The summed E-state index contributed by atoms with van der Waals surface area (Å²) >= 11 is 0. The van der Waals surface area contributed by atoms with E-state index in [2.05, 4.69) is 5.32 Å². The number of rotatable bonds is 6. The average molecular weight is 252 g/mol. The summed E-state index contributed by atoms with van der Waals surface area (Å²) < 4.78 is 4.96. The van der Waals surface area contributed by atoms with Gasteiger partial charge in [0.25, 0.3) is 0 Å². The van der Waals surface area contributed by atoms with Crippen molar-refractivity contribution in [3.63, 3.8) is 0 Å². The molecule has 4 N–H and O–H groups in total. The third-order valence-corrected chi connectivity index (χ3v) is 2.29. The maximum Gasteiger partial charge on any atom is 0.341 e. The second-order valence-electron chi connectivity index (χ2n) is 3.83. The predicted octanol–water partition coefficient (Wildman–Crippen LogP) is 0.683. The summed E-state index contributed by atoms with van der Waals surface area (Å²) in [5.41, 5.74) is 6.00. The topological polar surface area (TPSA) is 102 Å². The molecule has 1 rings (SSSR count). The summed E-state index contributed by atoms with van der Waals surface area (Å²) in [5.74, 6) is -1.02. The lowest BCUT2D eigenvalue weighted by atomic mass is 10.1. The van der Waals surface area contributed by atoms with Gasteiger partial charge in [-0.1, -0.05) is 6.92 Å². The molecule has 0 saturated carbocycles. The maximum atomic E-state index is 11.5. The largest absolute Gasteiger partial charge is 0.482 e. The van der Waals surface area contributed by atoms with Crippen LogP contribution in [0.3, 0.4) is 0 Å². The second-order valence-corrected chi connectivity index (χ2v) is 3.83. The summed E-state index contributed by atoms with van der Waals surface area (Å²) in [4.78, 5) is 21.8. The van der Waals surface area contributed by atoms with Crippen LogP contribution in [0.2, 0.25) is 0 Å². The lowest BCUT2D eigenvalue weighted by Crippen LogP contribution is -2.26. The number of aliphatic carboxylic acids is 1. The molecule has 0 radical (unpaired) electrons. The highest BCUT2D eigenvalue weighted by atomic mass is 16.5. The van der Waals surface area contributed by atoms with Gasteiger partial charge in [0.05, 0.1) is 0 Å². The Kier molecular flexibility index (Phi) is 5.13. The Labute approximate surface area is 105 Å².